The van der Waals surface area contributed by atoms with Gasteiger partial charge in [0.25, 0.3) is 0 Å². The summed E-state index contributed by atoms with van der Waals surface area (Å²) in [5.74, 6) is 0.932. The number of carbonyl (C=O) groups is 1. The van der Waals surface area contributed by atoms with E-state index in [9.17, 15) is 4.79 Å². The first kappa shape index (κ1) is 18.2. The van der Waals surface area contributed by atoms with Crippen LogP contribution in [0.3, 0.4) is 0 Å². The van der Waals surface area contributed by atoms with E-state index in [4.69, 9.17) is 15.2 Å². The van der Waals surface area contributed by atoms with Crippen LogP contribution in [0.2, 0.25) is 0 Å². The van der Waals surface area contributed by atoms with Crippen molar-refractivity contribution in [2.75, 3.05) is 39.5 Å². The van der Waals surface area contributed by atoms with Crippen molar-refractivity contribution in [1.29, 1.82) is 0 Å². The van der Waals surface area contributed by atoms with Crippen LogP contribution in [0.25, 0.3) is 0 Å². The topological polar surface area (TPSA) is 64.8 Å². The third-order valence-corrected chi connectivity index (χ3v) is 4.94. The molecule has 1 aliphatic heterocycles. The Labute approximate surface area is 146 Å². The van der Waals surface area contributed by atoms with E-state index in [-0.39, 0.29) is 5.91 Å². The van der Waals surface area contributed by atoms with Gasteiger partial charge >= 0.3 is 0 Å². The Morgan fingerprint density at radius 3 is 2.57 bits per heavy atom. The van der Waals surface area contributed by atoms with Crippen LogP contribution in [0, 0.1) is 5.41 Å². The number of likely N-dealkylation sites (N-methyl/N-ethyl adjacent to an activating group) is 1. The van der Waals surface area contributed by atoms with Crippen LogP contribution >= 0.6 is 15.9 Å². The molecule has 0 aliphatic carbocycles. The number of ether oxygens (including phenoxy) is 2. The summed E-state index contributed by atoms with van der Waals surface area (Å²) in [6.07, 6.45) is 1.40. The molecule has 0 atom stereocenters. The quantitative estimate of drug-likeness (QED) is 0.783. The van der Waals surface area contributed by atoms with Crippen LogP contribution in [0.1, 0.15) is 19.8 Å². The smallest absolute Gasteiger partial charge is 0.230 e. The van der Waals surface area contributed by atoms with E-state index in [2.05, 4.69) is 15.9 Å². The summed E-state index contributed by atoms with van der Waals surface area (Å²) in [5, 5.41) is 0. The molecular formula is C17H25BrN2O3. The van der Waals surface area contributed by atoms with Gasteiger partial charge in [-0.1, -0.05) is 15.9 Å². The Balaban J connectivity index is 1.90. The second-order valence-electron chi connectivity index (χ2n) is 5.78. The van der Waals surface area contributed by atoms with Gasteiger partial charge in [0.15, 0.2) is 0 Å². The number of halogens is 1. The van der Waals surface area contributed by atoms with Crippen molar-refractivity contribution in [2.45, 2.75) is 19.8 Å². The van der Waals surface area contributed by atoms with Crippen molar-refractivity contribution in [3.8, 4) is 5.75 Å². The SMILES string of the molecule is CCN(CCOc1ccc(Br)cc1)C(=O)C1(CN)CCOCC1. The number of nitrogens with two attached hydrogens (primary N) is 1. The number of benzene rings is 1. The van der Waals surface area contributed by atoms with Crippen LogP contribution < -0.4 is 10.5 Å². The molecule has 1 aromatic rings. The maximum absolute atomic E-state index is 12.9. The lowest BCUT2D eigenvalue weighted by Gasteiger charge is -2.38. The lowest BCUT2D eigenvalue weighted by molar-refractivity contribution is -0.147. The minimum atomic E-state index is -0.466. The highest BCUT2D eigenvalue weighted by Crippen LogP contribution is 2.31. The van der Waals surface area contributed by atoms with E-state index in [1.807, 2.05) is 36.1 Å². The number of nitrogens with zero attached hydrogens (tertiary/aromatic N) is 1. The average molecular weight is 385 g/mol. The van der Waals surface area contributed by atoms with Crippen LogP contribution in [0.4, 0.5) is 0 Å². The van der Waals surface area contributed by atoms with Crippen LogP contribution in [0.5, 0.6) is 5.75 Å². The molecule has 23 heavy (non-hydrogen) atoms. The van der Waals surface area contributed by atoms with Gasteiger partial charge in [-0.3, -0.25) is 4.79 Å². The number of hydrogen-bond acceptors (Lipinski definition) is 4. The first-order valence-electron chi connectivity index (χ1n) is 8.07. The largest absolute Gasteiger partial charge is 0.492 e. The normalized spacial score (nSPS) is 16.8. The van der Waals surface area contributed by atoms with Crippen LogP contribution in [0.15, 0.2) is 28.7 Å². The molecule has 0 spiro atoms. The fraction of sp³-hybridized carbons (Fsp3) is 0.588. The monoisotopic (exact) mass is 384 g/mol. The molecule has 128 valence electrons. The van der Waals surface area contributed by atoms with E-state index < -0.39 is 5.41 Å². The molecule has 1 fully saturated rings. The molecule has 2 N–H and O–H groups in total. The summed E-state index contributed by atoms with van der Waals surface area (Å²) in [6, 6.07) is 7.68. The van der Waals surface area contributed by atoms with E-state index >= 15 is 0 Å². The molecule has 1 saturated heterocycles. The molecule has 0 radical (unpaired) electrons. The number of rotatable bonds is 7. The first-order chi connectivity index (χ1) is 11.1. The molecule has 1 aliphatic rings. The fourth-order valence-corrected chi connectivity index (χ4v) is 3.07. The second kappa shape index (κ2) is 8.66. The lowest BCUT2D eigenvalue weighted by atomic mass is 9.79. The molecule has 0 unspecified atom stereocenters. The number of carbonyl (C=O) groups excluding carboxylic acids is 1. The summed E-state index contributed by atoms with van der Waals surface area (Å²) in [6.45, 7) is 5.27. The lowest BCUT2D eigenvalue weighted by Crippen LogP contribution is -2.51. The molecular weight excluding hydrogens is 360 g/mol. The number of amides is 1. The first-order valence-corrected chi connectivity index (χ1v) is 8.86. The minimum absolute atomic E-state index is 0.130. The Bertz CT molecular complexity index is 501. The average Bonchev–Trinajstić information content (AvgIpc) is 2.60. The third-order valence-electron chi connectivity index (χ3n) is 4.41. The summed E-state index contributed by atoms with van der Waals surface area (Å²) in [5.41, 5.74) is 5.46. The highest BCUT2D eigenvalue weighted by molar-refractivity contribution is 9.10. The van der Waals surface area contributed by atoms with Gasteiger partial charge in [0.1, 0.15) is 12.4 Å². The van der Waals surface area contributed by atoms with Crippen molar-refractivity contribution in [2.24, 2.45) is 11.1 Å². The van der Waals surface area contributed by atoms with Gasteiger partial charge in [0.2, 0.25) is 5.91 Å². The zero-order chi connectivity index (χ0) is 16.7. The van der Waals surface area contributed by atoms with Crippen molar-refractivity contribution < 1.29 is 14.3 Å². The highest BCUT2D eigenvalue weighted by atomic mass is 79.9. The summed E-state index contributed by atoms with van der Waals surface area (Å²) in [4.78, 5) is 14.7. The Kier molecular flexibility index (Phi) is 6.87. The molecule has 1 heterocycles. The molecule has 2 rings (SSSR count). The fourth-order valence-electron chi connectivity index (χ4n) is 2.81. The Morgan fingerprint density at radius 1 is 1.35 bits per heavy atom. The summed E-state index contributed by atoms with van der Waals surface area (Å²) < 4.78 is 12.1. The van der Waals surface area contributed by atoms with Gasteiger partial charge in [-0.05, 0) is 44.0 Å². The standard InChI is InChI=1S/C17H25BrN2O3/c1-2-20(9-12-23-15-5-3-14(18)4-6-15)16(21)17(13-19)7-10-22-11-8-17/h3-6H,2,7-13,19H2,1H3. The maximum Gasteiger partial charge on any atom is 0.230 e. The predicted molar refractivity (Wildman–Crippen MR) is 93.4 cm³/mol. The van der Waals surface area contributed by atoms with Crippen molar-refractivity contribution in [3.05, 3.63) is 28.7 Å². The van der Waals surface area contributed by atoms with Crippen molar-refractivity contribution >= 4 is 21.8 Å². The molecule has 0 aromatic heterocycles. The predicted octanol–water partition coefficient (Wildman–Crippen LogP) is 2.43. The summed E-state index contributed by atoms with van der Waals surface area (Å²) >= 11 is 3.39. The molecule has 1 aromatic carbocycles. The third kappa shape index (κ3) is 4.68. The minimum Gasteiger partial charge on any atom is -0.492 e. The zero-order valence-electron chi connectivity index (χ0n) is 13.6. The van der Waals surface area contributed by atoms with Crippen molar-refractivity contribution in [3.63, 3.8) is 0 Å². The maximum atomic E-state index is 12.9. The van der Waals surface area contributed by atoms with E-state index in [0.29, 0.717) is 52.3 Å². The number of hydrogen-bond donors (Lipinski definition) is 1. The molecule has 6 heteroatoms. The second-order valence-corrected chi connectivity index (χ2v) is 6.70. The van der Waals surface area contributed by atoms with Gasteiger partial charge in [-0.25, -0.2) is 0 Å². The van der Waals surface area contributed by atoms with Gasteiger partial charge in [-0.15, -0.1) is 0 Å². The van der Waals surface area contributed by atoms with Crippen LogP contribution in [-0.4, -0.2) is 50.3 Å². The molecule has 0 bridgehead atoms. The molecule has 1 amide bonds. The van der Waals surface area contributed by atoms with Crippen molar-refractivity contribution in [1.82, 2.24) is 4.90 Å². The van der Waals surface area contributed by atoms with Gasteiger partial charge < -0.3 is 20.1 Å². The molecule has 0 saturated carbocycles. The molecule has 5 nitrogen and oxygen atoms in total. The van der Waals surface area contributed by atoms with E-state index in [0.717, 1.165) is 10.2 Å². The van der Waals surface area contributed by atoms with Gasteiger partial charge in [0, 0.05) is 30.8 Å². The highest BCUT2D eigenvalue weighted by Gasteiger charge is 2.40. The van der Waals surface area contributed by atoms with Gasteiger partial charge in [0.05, 0.1) is 12.0 Å². The Hall–Kier alpha value is -1.11. The van der Waals surface area contributed by atoms with Gasteiger partial charge in [-0.2, -0.15) is 0 Å². The zero-order valence-corrected chi connectivity index (χ0v) is 15.2. The summed E-state index contributed by atoms with van der Waals surface area (Å²) in [7, 11) is 0. The van der Waals surface area contributed by atoms with Crippen LogP contribution in [-0.2, 0) is 9.53 Å². The van der Waals surface area contributed by atoms with E-state index in [1.54, 1.807) is 0 Å². The van der Waals surface area contributed by atoms with E-state index in [1.165, 1.54) is 0 Å². The Morgan fingerprint density at radius 2 is 2.00 bits per heavy atom.